The predicted octanol–water partition coefficient (Wildman–Crippen LogP) is 4.57. The second-order valence-electron chi connectivity index (χ2n) is 6.37. The van der Waals surface area contributed by atoms with Gasteiger partial charge in [0.2, 0.25) is 0 Å². The molecule has 1 aliphatic rings. The van der Waals surface area contributed by atoms with Gasteiger partial charge in [0.25, 0.3) is 11.6 Å². The zero-order valence-corrected chi connectivity index (χ0v) is 15.4. The Morgan fingerprint density at radius 2 is 1.57 bits per heavy atom. The number of aliphatic hydroxyl groups excluding tert-OH is 1. The van der Waals surface area contributed by atoms with Crippen molar-refractivity contribution < 1.29 is 24.4 Å². The van der Waals surface area contributed by atoms with Crippen LogP contribution in [-0.4, -0.2) is 22.0 Å². The number of aliphatic hydroxyl groups is 1. The summed E-state index contributed by atoms with van der Waals surface area (Å²) in [5.41, 5.74) is 0.583. The fourth-order valence-corrected chi connectivity index (χ4v) is 3.15. The van der Waals surface area contributed by atoms with Crippen LogP contribution in [0.15, 0.2) is 78.9 Å². The summed E-state index contributed by atoms with van der Waals surface area (Å²) >= 11 is 0. The van der Waals surface area contributed by atoms with Gasteiger partial charge in [-0.3, -0.25) is 14.9 Å². The highest BCUT2D eigenvalue weighted by Gasteiger charge is 2.40. The molecule has 1 aliphatic heterocycles. The third kappa shape index (κ3) is 3.26. The standard InChI is InChI=1S/C22H14N2O6/c25-20(14-10-12-15(13-11-14)24(28)29)19-17-8-4-5-9-18(17)23(21(19)26)22(27)30-16-6-2-1-3-7-16/h1-13,25H. The normalized spacial score (nSPS) is 14.3. The molecule has 0 unspecified atom stereocenters. The number of carbonyl (C=O) groups excluding carboxylic acids is 2. The minimum Gasteiger partial charge on any atom is -0.506 e. The lowest BCUT2D eigenvalue weighted by atomic mass is 10.0. The molecule has 8 heteroatoms. The molecule has 3 aromatic carbocycles. The van der Waals surface area contributed by atoms with Gasteiger partial charge in [-0.15, -0.1) is 0 Å². The number of nitro benzene ring substituents is 1. The van der Waals surface area contributed by atoms with Gasteiger partial charge < -0.3 is 9.84 Å². The Labute approximate surface area is 170 Å². The number of nitrogens with zero attached hydrogens (tertiary/aromatic N) is 2. The molecule has 30 heavy (non-hydrogen) atoms. The molecule has 0 aromatic heterocycles. The van der Waals surface area contributed by atoms with E-state index in [0.717, 1.165) is 4.90 Å². The van der Waals surface area contributed by atoms with Gasteiger partial charge in [-0.1, -0.05) is 36.4 Å². The van der Waals surface area contributed by atoms with Crippen molar-refractivity contribution in [1.82, 2.24) is 0 Å². The van der Waals surface area contributed by atoms with E-state index >= 15 is 0 Å². The maximum Gasteiger partial charge on any atom is 0.426 e. The fraction of sp³-hybridized carbons (Fsp3) is 0. The van der Waals surface area contributed by atoms with Gasteiger partial charge in [-0.25, -0.2) is 9.69 Å². The second kappa shape index (κ2) is 7.51. The van der Waals surface area contributed by atoms with Crippen molar-refractivity contribution in [2.45, 2.75) is 0 Å². The summed E-state index contributed by atoms with van der Waals surface area (Å²) in [5.74, 6) is -0.879. The molecule has 0 bridgehead atoms. The first-order chi connectivity index (χ1) is 14.5. The number of carbonyl (C=O) groups is 2. The Kier molecular flexibility index (Phi) is 4.73. The molecule has 0 saturated heterocycles. The third-order valence-electron chi connectivity index (χ3n) is 4.55. The minimum atomic E-state index is -0.912. The van der Waals surface area contributed by atoms with Gasteiger partial charge in [0.1, 0.15) is 11.5 Å². The third-order valence-corrected chi connectivity index (χ3v) is 4.55. The zero-order chi connectivity index (χ0) is 21.3. The quantitative estimate of drug-likeness (QED) is 0.297. The number of ether oxygens (including phenoxy) is 1. The van der Waals surface area contributed by atoms with Crippen molar-refractivity contribution in [3.05, 3.63) is 100 Å². The molecule has 148 valence electrons. The van der Waals surface area contributed by atoms with Crippen molar-refractivity contribution in [2.75, 3.05) is 4.90 Å². The number of para-hydroxylation sites is 2. The molecule has 1 heterocycles. The van der Waals surface area contributed by atoms with Crippen molar-refractivity contribution >= 4 is 34.7 Å². The van der Waals surface area contributed by atoms with Crippen LogP contribution in [0.4, 0.5) is 16.2 Å². The summed E-state index contributed by atoms with van der Waals surface area (Å²) in [6.45, 7) is 0. The summed E-state index contributed by atoms with van der Waals surface area (Å²) in [6, 6.07) is 19.9. The fourth-order valence-electron chi connectivity index (χ4n) is 3.15. The lowest BCUT2D eigenvalue weighted by Crippen LogP contribution is -2.36. The van der Waals surface area contributed by atoms with E-state index in [1.165, 1.54) is 24.3 Å². The number of hydrogen-bond acceptors (Lipinski definition) is 6. The van der Waals surface area contributed by atoms with Crippen LogP contribution in [0.5, 0.6) is 5.75 Å². The van der Waals surface area contributed by atoms with Crippen molar-refractivity contribution in [3.63, 3.8) is 0 Å². The van der Waals surface area contributed by atoms with Crippen LogP contribution < -0.4 is 9.64 Å². The predicted molar refractivity (Wildman–Crippen MR) is 109 cm³/mol. The number of hydrogen-bond donors (Lipinski definition) is 1. The van der Waals surface area contributed by atoms with E-state index in [9.17, 15) is 24.8 Å². The zero-order valence-electron chi connectivity index (χ0n) is 15.4. The lowest BCUT2D eigenvalue weighted by molar-refractivity contribution is -0.384. The highest BCUT2D eigenvalue weighted by molar-refractivity contribution is 6.42. The molecule has 0 atom stereocenters. The van der Waals surface area contributed by atoms with Crippen molar-refractivity contribution in [1.29, 1.82) is 0 Å². The van der Waals surface area contributed by atoms with Crippen LogP contribution in [0, 0.1) is 10.1 Å². The molecule has 4 rings (SSSR count). The highest BCUT2D eigenvalue weighted by atomic mass is 16.6. The summed E-state index contributed by atoms with van der Waals surface area (Å²) in [7, 11) is 0. The maximum absolute atomic E-state index is 13.1. The average Bonchev–Trinajstić information content (AvgIpc) is 3.05. The molecule has 3 aromatic rings. The maximum atomic E-state index is 13.1. The molecule has 0 aliphatic carbocycles. The second-order valence-corrected chi connectivity index (χ2v) is 6.37. The monoisotopic (exact) mass is 402 g/mol. The Morgan fingerprint density at radius 3 is 2.23 bits per heavy atom. The molecule has 2 amide bonds. The van der Waals surface area contributed by atoms with Crippen molar-refractivity contribution in [3.8, 4) is 5.75 Å². The summed E-state index contributed by atoms with van der Waals surface area (Å²) in [6.07, 6.45) is -0.912. The molecule has 8 nitrogen and oxygen atoms in total. The first kappa shape index (κ1) is 18.9. The van der Waals surface area contributed by atoms with Crippen LogP contribution in [0.1, 0.15) is 11.1 Å². The molecular weight excluding hydrogens is 388 g/mol. The molecular formula is C22H14N2O6. The Bertz CT molecular complexity index is 1190. The molecule has 0 radical (unpaired) electrons. The molecule has 0 fully saturated rings. The Balaban J connectivity index is 1.75. The first-order valence-electron chi connectivity index (χ1n) is 8.86. The van der Waals surface area contributed by atoms with Crippen LogP contribution >= 0.6 is 0 Å². The van der Waals surface area contributed by atoms with Gasteiger partial charge >= 0.3 is 6.09 Å². The van der Waals surface area contributed by atoms with Crippen LogP contribution in [0.25, 0.3) is 11.3 Å². The van der Waals surface area contributed by atoms with Gasteiger partial charge in [-0.2, -0.15) is 0 Å². The number of nitro groups is 1. The minimum absolute atomic E-state index is 0.0931. The number of fused-ring (bicyclic) bond motifs is 1. The van der Waals surface area contributed by atoms with E-state index in [2.05, 4.69) is 0 Å². The van der Waals surface area contributed by atoms with E-state index in [-0.39, 0.29) is 28.3 Å². The van der Waals surface area contributed by atoms with E-state index < -0.39 is 22.7 Å². The average molecular weight is 402 g/mol. The number of amides is 2. The lowest BCUT2D eigenvalue weighted by Gasteiger charge is -2.14. The molecule has 0 spiro atoms. The number of rotatable bonds is 3. The first-order valence-corrected chi connectivity index (χ1v) is 8.86. The van der Waals surface area contributed by atoms with Crippen LogP contribution in [-0.2, 0) is 4.79 Å². The van der Waals surface area contributed by atoms with Gasteiger partial charge in [0.05, 0.1) is 16.2 Å². The number of non-ortho nitro benzene ring substituents is 1. The highest BCUT2D eigenvalue weighted by Crippen LogP contribution is 2.40. The van der Waals surface area contributed by atoms with Gasteiger partial charge in [0.15, 0.2) is 0 Å². The summed E-state index contributed by atoms with van der Waals surface area (Å²) in [4.78, 5) is 36.9. The van der Waals surface area contributed by atoms with E-state index in [0.29, 0.717) is 5.56 Å². The molecule has 0 saturated carbocycles. The van der Waals surface area contributed by atoms with Gasteiger partial charge in [-0.05, 0) is 30.3 Å². The van der Waals surface area contributed by atoms with E-state index in [4.69, 9.17) is 4.74 Å². The topological polar surface area (TPSA) is 110 Å². The largest absolute Gasteiger partial charge is 0.506 e. The summed E-state index contributed by atoms with van der Waals surface area (Å²) < 4.78 is 5.29. The van der Waals surface area contributed by atoms with Crippen LogP contribution in [0.3, 0.4) is 0 Å². The number of benzene rings is 3. The number of anilines is 1. The van der Waals surface area contributed by atoms with Crippen molar-refractivity contribution in [2.24, 2.45) is 0 Å². The van der Waals surface area contributed by atoms with Crippen LogP contribution in [0.2, 0.25) is 0 Å². The van der Waals surface area contributed by atoms with Gasteiger partial charge in [0, 0.05) is 23.3 Å². The Hall–Kier alpha value is -4.46. The molecule has 1 N–H and O–H groups in total. The number of imide groups is 1. The SMILES string of the molecule is O=C(Oc1ccccc1)N1C(=O)C(=C(O)c2ccc([N+](=O)[O-])cc2)c2ccccc21. The van der Waals surface area contributed by atoms with E-state index in [1.807, 2.05) is 0 Å². The Morgan fingerprint density at radius 1 is 0.933 bits per heavy atom. The smallest absolute Gasteiger partial charge is 0.426 e. The van der Waals surface area contributed by atoms with E-state index in [1.54, 1.807) is 54.6 Å². The summed E-state index contributed by atoms with van der Waals surface area (Å²) in [5, 5.41) is 21.6.